The Labute approximate surface area is 75.8 Å². The van der Waals surface area contributed by atoms with Gasteiger partial charge in [-0.25, -0.2) is 0 Å². The number of hydrogen-bond donors (Lipinski definition) is 0. The van der Waals surface area contributed by atoms with Crippen LogP contribution >= 0.6 is 0 Å². The minimum atomic E-state index is 1.03. The highest BCUT2D eigenvalue weighted by Gasteiger charge is 1.93. The monoisotopic (exact) mass is 165 g/mol. The van der Waals surface area contributed by atoms with Gasteiger partial charge in [0.25, 0.3) is 0 Å². The van der Waals surface area contributed by atoms with E-state index in [9.17, 15) is 0 Å². The Balaban J connectivity index is 0.000000561. The molecule has 12 heavy (non-hydrogen) atoms. The molecule has 1 aromatic rings. The minimum Gasteiger partial charge on any atom is -0.258 e. The Kier molecular flexibility index (Phi) is 5.35. The number of aryl methyl sites for hydroxylation is 3. The van der Waals surface area contributed by atoms with E-state index in [-0.39, 0.29) is 0 Å². The molecule has 1 aromatic heterocycles. The Morgan fingerprint density at radius 3 is 2.17 bits per heavy atom. The zero-order chi connectivity index (χ0) is 9.56. The normalized spacial score (nSPS) is 8.75. The lowest BCUT2D eigenvalue weighted by Crippen LogP contribution is -1.91. The fourth-order valence-electron chi connectivity index (χ4n) is 0.880. The fraction of sp³-hybridized carbons (Fsp3) is 0.545. The third-order valence-electron chi connectivity index (χ3n) is 1.77. The summed E-state index contributed by atoms with van der Waals surface area (Å²) in [7, 11) is 0. The molecule has 0 bridgehead atoms. The van der Waals surface area contributed by atoms with Crippen molar-refractivity contribution >= 4 is 0 Å². The van der Waals surface area contributed by atoms with Crippen molar-refractivity contribution in [1.82, 2.24) is 4.98 Å². The highest BCUT2D eigenvalue weighted by Crippen LogP contribution is 2.04. The van der Waals surface area contributed by atoms with E-state index in [1.165, 1.54) is 11.3 Å². The van der Waals surface area contributed by atoms with Crippen LogP contribution in [-0.4, -0.2) is 4.98 Å². The average Bonchev–Trinajstić information content (AvgIpc) is 2.13. The molecule has 0 aliphatic carbocycles. The van der Waals surface area contributed by atoms with Gasteiger partial charge >= 0.3 is 0 Å². The maximum absolute atomic E-state index is 4.39. The van der Waals surface area contributed by atoms with Gasteiger partial charge in [-0.3, -0.25) is 4.98 Å². The number of rotatable bonds is 1. The smallest absolute Gasteiger partial charge is 0.0405 e. The van der Waals surface area contributed by atoms with Gasteiger partial charge in [0, 0.05) is 11.4 Å². The Morgan fingerprint density at radius 2 is 1.75 bits per heavy atom. The van der Waals surface area contributed by atoms with Crippen molar-refractivity contribution in [1.29, 1.82) is 0 Å². The summed E-state index contributed by atoms with van der Waals surface area (Å²) >= 11 is 0. The van der Waals surface area contributed by atoms with E-state index < -0.39 is 0 Å². The maximum atomic E-state index is 4.39. The Morgan fingerprint density at radius 1 is 1.17 bits per heavy atom. The standard InChI is InChI=1S/C9H13N.C2H6/c1-4-9-6-5-7(2)8(3)10-9;1-2/h5-6H,4H2,1-3H3;1-2H3. The van der Waals surface area contributed by atoms with E-state index >= 15 is 0 Å². The zero-order valence-corrected chi connectivity index (χ0v) is 8.81. The molecule has 1 heterocycles. The molecule has 0 aromatic carbocycles. The van der Waals surface area contributed by atoms with Crippen LogP contribution in [0.1, 0.15) is 37.7 Å². The highest BCUT2D eigenvalue weighted by molar-refractivity contribution is 5.20. The molecular formula is C11H19N. The third kappa shape index (κ3) is 3.04. The van der Waals surface area contributed by atoms with Gasteiger partial charge in [-0.05, 0) is 31.9 Å². The molecule has 0 saturated carbocycles. The van der Waals surface area contributed by atoms with Gasteiger partial charge in [0.05, 0.1) is 0 Å². The van der Waals surface area contributed by atoms with Crippen LogP contribution in [-0.2, 0) is 6.42 Å². The van der Waals surface area contributed by atoms with Gasteiger partial charge in [0.15, 0.2) is 0 Å². The summed E-state index contributed by atoms with van der Waals surface area (Å²) in [5.74, 6) is 0. The van der Waals surface area contributed by atoms with Crippen LogP contribution in [0.4, 0.5) is 0 Å². The molecule has 0 amide bonds. The van der Waals surface area contributed by atoms with Gasteiger partial charge < -0.3 is 0 Å². The average molecular weight is 165 g/mol. The molecule has 0 aliphatic heterocycles. The number of hydrogen-bond acceptors (Lipinski definition) is 1. The van der Waals surface area contributed by atoms with Crippen LogP contribution in [0.15, 0.2) is 12.1 Å². The lowest BCUT2D eigenvalue weighted by atomic mass is 10.2. The number of aromatic nitrogens is 1. The summed E-state index contributed by atoms with van der Waals surface area (Å²) in [4.78, 5) is 4.39. The lowest BCUT2D eigenvalue weighted by Gasteiger charge is -2.00. The SMILES string of the molecule is CC.CCc1ccc(C)c(C)n1. The largest absolute Gasteiger partial charge is 0.258 e. The molecule has 1 rings (SSSR count). The predicted molar refractivity (Wildman–Crippen MR) is 54.4 cm³/mol. The molecule has 0 spiro atoms. The quantitative estimate of drug-likeness (QED) is 0.622. The van der Waals surface area contributed by atoms with E-state index in [0.717, 1.165) is 12.1 Å². The van der Waals surface area contributed by atoms with Gasteiger partial charge in [0.1, 0.15) is 0 Å². The topological polar surface area (TPSA) is 12.9 Å². The lowest BCUT2D eigenvalue weighted by molar-refractivity contribution is 0.993. The fourth-order valence-corrected chi connectivity index (χ4v) is 0.880. The highest BCUT2D eigenvalue weighted by atomic mass is 14.7. The molecular weight excluding hydrogens is 146 g/mol. The van der Waals surface area contributed by atoms with Crippen LogP contribution in [0.5, 0.6) is 0 Å². The molecule has 0 unspecified atom stereocenters. The molecule has 0 N–H and O–H groups in total. The molecule has 1 nitrogen and oxygen atoms in total. The second-order valence-corrected chi connectivity index (χ2v) is 2.56. The van der Waals surface area contributed by atoms with Crippen molar-refractivity contribution < 1.29 is 0 Å². The second-order valence-electron chi connectivity index (χ2n) is 2.56. The number of nitrogens with zero attached hydrogens (tertiary/aromatic N) is 1. The first-order valence-corrected chi connectivity index (χ1v) is 4.67. The summed E-state index contributed by atoms with van der Waals surface area (Å²) in [6, 6.07) is 4.21. The van der Waals surface area contributed by atoms with Crippen LogP contribution in [0, 0.1) is 13.8 Å². The molecule has 0 saturated heterocycles. The molecule has 1 heteroatoms. The third-order valence-corrected chi connectivity index (χ3v) is 1.77. The van der Waals surface area contributed by atoms with Crippen molar-refractivity contribution in [2.24, 2.45) is 0 Å². The van der Waals surface area contributed by atoms with E-state index in [0.29, 0.717) is 0 Å². The minimum absolute atomic E-state index is 1.03. The first-order valence-electron chi connectivity index (χ1n) is 4.67. The van der Waals surface area contributed by atoms with E-state index in [2.05, 4.69) is 37.9 Å². The van der Waals surface area contributed by atoms with Crippen LogP contribution < -0.4 is 0 Å². The van der Waals surface area contributed by atoms with Crippen LogP contribution in [0.2, 0.25) is 0 Å². The first kappa shape index (κ1) is 11.2. The number of pyridine rings is 1. The van der Waals surface area contributed by atoms with E-state index in [4.69, 9.17) is 0 Å². The zero-order valence-electron chi connectivity index (χ0n) is 8.81. The van der Waals surface area contributed by atoms with Gasteiger partial charge in [-0.15, -0.1) is 0 Å². The first-order chi connectivity index (χ1) is 5.74. The van der Waals surface area contributed by atoms with E-state index in [1.807, 2.05) is 13.8 Å². The summed E-state index contributed by atoms with van der Waals surface area (Å²) in [5, 5.41) is 0. The van der Waals surface area contributed by atoms with Crippen molar-refractivity contribution in [2.45, 2.75) is 41.0 Å². The maximum Gasteiger partial charge on any atom is 0.0405 e. The molecule has 0 radical (unpaired) electrons. The summed E-state index contributed by atoms with van der Waals surface area (Å²) in [6.07, 6.45) is 1.03. The van der Waals surface area contributed by atoms with E-state index in [1.54, 1.807) is 0 Å². The second kappa shape index (κ2) is 5.76. The molecule has 0 aliphatic rings. The van der Waals surface area contributed by atoms with Crippen molar-refractivity contribution in [3.8, 4) is 0 Å². The van der Waals surface area contributed by atoms with Crippen molar-refractivity contribution in [3.05, 3.63) is 29.1 Å². The molecule has 0 fully saturated rings. The summed E-state index contributed by atoms with van der Waals surface area (Å²) in [6.45, 7) is 10.3. The summed E-state index contributed by atoms with van der Waals surface area (Å²) in [5.41, 5.74) is 3.61. The molecule has 68 valence electrons. The summed E-state index contributed by atoms with van der Waals surface area (Å²) < 4.78 is 0. The van der Waals surface area contributed by atoms with Crippen LogP contribution in [0.25, 0.3) is 0 Å². The van der Waals surface area contributed by atoms with Crippen molar-refractivity contribution in [3.63, 3.8) is 0 Å². The Hall–Kier alpha value is -0.850. The van der Waals surface area contributed by atoms with Crippen LogP contribution in [0.3, 0.4) is 0 Å². The molecule has 0 atom stereocenters. The Bertz CT molecular complexity index is 228. The van der Waals surface area contributed by atoms with Gasteiger partial charge in [-0.1, -0.05) is 26.8 Å². The van der Waals surface area contributed by atoms with Gasteiger partial charge in [-0.2, -0.15) is 0 Å². The predicted octanol–water partition coefficient (Wildman–Crippen LogP) is 3.29. The van der Waals surface area contributed by atoms with Gasteiger partial charge in [0.2, 0.25) is 0 Å². The van der Waals surface area contributed by atoms with Crippen molar-refractivity contribution in [2.75, 3.05) is 0 Å².